The van der Waals surface area contributed by atoms with Crippen LogP contribution in [0.25, 0.3) is 0 Å². The van der Waals surface area contributed by atoms with E-state index in [1.807, 2.05) is 37.4 Å². The smallest absolute Gasteiger partial charge is 0.242 e. The number of unbranched alkanes of at least 4 members (excludes halogenated alkanes) is 1. The summed E-state index contributed by atoms with van der Waals surface area (Å²) in [6.07, 6.45) is 3.14. The number of nitrogens with one attached hydrogen (secondary N) is 1. The minimum absolute atomic E-state index is 0.0390. The predicted octanol–water partition coefficient (Wildman–Crippen LogP) is 2.31. The zero-order valence-corrected chi connectivity index (χ0v) is 13.5. The molecule has 0 aliphatic carbocycles. The summed E-state index contributed by atoms with van der Waals surface area (Å²) in [5.74, 6) is 0.0390. The molecule has 0 aliphatic heterocycles. The summed E-state index contributed by atoms with van der Waals surface area (Å²) >= 11 is 0. The van der Waals surface area contributed by atoms with Gasteiger partial charge in [0, 0.05) is 12.6 Å². The van der Waals surface area contributed by atoms with E-state index in [0.717, 1.165) is 31.4 Å². The van der Waals surface area contributed by atoms with Crippen molar-refractivity contribution in [2.45, 2.75) is 45.2 Å². The summed E-state index contributed by atoms with van der Waals surface area (Å²) in [6.45, 7) is 5.51. The van der Waals surface area contributed by atoms with Gasteiger partial charge in [0.05, 0.1) is 0 Å². The molecule has 1 amide bonds. The van der Waals surface area contributed by atoms with Gasteiger partial charge in [-0.2, -0.15) is 0 Å². The van der Waals surface area contributed by atoms with E-state index in [2.05, 4.69) is 24.1 Å². The lowest BCUT2D eigenvalue weighted by Crippen LogP contribution is -2.46. The standard InChI is InChI=1S/C17H29N3O/c1-4-6-12-15(13-18)19-17(21)16(20(3)5-2)14-10-8-7-9-11-14/h7-11,15-16H,4-6,12-13,18H2,1-3H3,(H,19,21). The molecule has 0 heterocycles. The van der Waals surface area contributed by atoms with E-state index in [0.29, 0.717) is 6.54 Å². The third-order valence-electron chi connectivity index (χ3n) is 3.84. The van der Waals surface area contributed by atoms with E-state index in [-0.39, 0.29) is 18.0 Å². The molecule has 1 aromatic carbocycles. The van der Waals surface area contributed by atoms with Crippen LogP contribution in [0, 0.1) is 0 Å². The first-order chi connectivity index (χ1) is 10.1. The third-order valence-corrected chi connectivity index (χ3v) is 3.84. The topological polar surface area (TPSA) is 58.4 Å². The van der Waals surface area contributed by atoms with Gasteiger partial charge in [0.15, 0.2) is 0 Å². The molecule has 0 saturated heterocycles. The predicted molar refractivity (Wildman–Crippen MR) is 88.0 cm³/mol. The van der Waals surface area contributed by atoms with Gasteiger partial charge in [-0.15, -0.1) is 0 Å². The number of benzene rings is 1. The Morgan fingerprint density at radius 3 is 2.48 bits per heavy atom. The van der Waals surface area contributed by atoms with E-state index in [9.17, 15) is 4.79 Å². The normalized spacial score (nSPS) is 14.0. The fraction of sp³-hybridized carbons (Fsp3) is 0.588. The van der Waals surface area contributed by atoms with Crippen LogP contribution in [0.2, 0.25) is 0 Å². The van der Waals surface area contributed by atoms with Crippen LogP contribution in [-0.2, 0) is 4.79 Å². The highest BCUT2D eigenvalue weighted by Crippen LogP contribution is 2.19. The lowest BCUT2D eigenvalue weighted by molar-refractivity contribution is -0.126. The number of hydrogen-bond donors (Lipinski definition) is 2. The van der Waals surface area contributed by atoms with Gasteiger partial charge < -0.3 is 11.1 Å². The average Bonchev–Trinajstić information content (AvgIpc) is 2.52. The van der Waals surface area contributed by atoms with Crippen molar-refractivity contribution in [1.29, 1.82) is 0 Å². The summed E-state index contributed by atoms with van der Waals surface area (Å²) in [6, 6.07) is 9.71. The van der Waals surface area contributed by atoms with Gasteiger partial charge in [-0.25, -0.2) is 0 Å². The molecular formula is C17H29N3O. The van der Waals surface area contributed by atoms with Crippen molar-refractivity contribution in [1.82, 2.24) is 10.2 Å². The highest BCUT2D eigenvalue weighted by Gasteiger charge is 2.25. The Morgan fingerprint density at radius 1 is 1.29 bits per heavy atom. The lowest BCUT2D eigenvalue weighted by atomic mass is 10.0. The number of carbonyl (C=O) groups is 1. The number of carbonyl (C=O) groups excluding carboxylic acids is 1. The van der Waals surface area contributed by atoms with Gasteiger partial charge >= 0.3 is 0 Å². The Kier molecular flexibility index (Phi) is 8.01. The van der Waals surface area contributed by atoms with Crippen molar-refractivity contribution >= 4 is 5.91 Å². The Bertz CT molecular complexity index is 408. The maximum atomic E-state index is 12.7. The largest absolute Gasteiger partial charge is 0.350 e. The number of amides is 1. The summed E-state index contributed by atoms with van der Waals surface area (Å²) in [5, 5.41) is 3.11. The number of likely N-dealkylation sites (N-methyl/N-ethyl adjacent to an activating group) is 1. The first-order valence-electron chi connectivity index (χ1n) is 7.89. The Morgan fingerprint density at radius 2 is 1.95 bits per heavy atom. The van der Waals surface area contributed by atoms with E-state index >= 15 is 0 Å². The second-order valence-electron chi connectivity index (χ2n) is 5.47. The van der Waals surface area contributed by atoms with Crippen molar-refractivity contribution in [2.75, 3.05) is 20.1 Å². The van der Waals surface area contributed by atoms with Crippen LogP contribution in [0.4, 0.5) is 0 Å². The van der Waals surface area contributed by atoms with E-state index in [4.69, 9.17) is 5.73 Å². The van der Waals surface area contributed by atoms with Crippen molar-refractivity contribution in [3.05, 3.63) is 35.9 Å². The van der Waals surface area contributed by atoms with Crippen LogP contribution in [-0.4, -0.2) is 37.0 Å². The maximum Gasteiger partial charge on any atom is 0.242 e. The van der Waals surface area contributed by atoms with Crippen LogP contribution in [0.1, 0.15) is 44.7 Å². The lowest BCUT2D eigenvalue weighted by Gasteiger charge is -2.28. The molecule has 0 aliphatic rings. The Labute approximate surface area is 128 Å². The summed E-state index contributed by atoms with van der Waals surface area (Å²) in [5.41, 5.74) is 6.80. The van der Waals surface area contributed by atoms with Crippen molar-refractivity contribution < 1.29 is 4.79 Å². The van der Waals surface area contributed by atoms with Gasteiger partial charge in [0.2, 0.25) is 5.91 Å². The Balaban J connectivity index is 2.81. The molecule has 4 nitrogen and oxygen atoms in total. The molecule has 0 aromatic heterocycles. The van der Waals surface area contributed by atoms with Crippen molar-refractivity contribution in [2.24, 2.45) is 5.73 Å². The minimum atomic E-state index is -0.258. The monoisotopic (exact) mass is 291 g/mol. The van der Waals surface area contributed by atoms with Crippen LogP contribution in [0.5, 0.6) is 0 Å². The highest BCUT2D eigenvalue weighted by atomic mass is 16.2. The van der Waals surface area contributed by atoms with Gasteiger partial charge in [-0.1, -0.05) is 57.0 Å². The molecule has 2 atom stereocenters. The van der Waals surface area contributed by atoms with Crippen LogP contribution in [0.3, 0.4) is 0 Å². The second kappa shape index (κ2) is 9.53. The molecule has 118 valence electrons. The number of nitrogens with zero attached hydrogens (tertiary/aromatic N) is 1. The molecule has 1 aromatic rings. The van der Waals surface area contributed by atoms with E-state index < -0.39 is 0 Å². The van der Waals surface area contributed by atoms with Crippen LogP contribution < -0.4 is 11.1 Å². The zero-order chi connectivity index (χ0) is 15.7. The van der Waals surface area contributed by atoms with E-state index in [1.165, 1.54) is 0 Å². The number of hydrogen-bond acceptors (Lipinski definition) is 3. The highest BCUT2D eigenvalue weighted by molar-refractivity contribution is 5.83. The zero-order valence-electron chi connectivity index (χ0n) is 13.5. The van der Waals surface area contributed by atoms with Gasteiger partial charge in [-0.05, 0) is 25.6 Å². The fourth-order valence-electron chi connectivity index (χ4n) is 2.40. The van der Waals surface area contributed by atoms with Gasteiger partial charge in [-0.3, -0.25) is 9.69 Å². The fourth-order valence-corrected chi connectivity index (χ4v) is 2.40. The van der Waals surface area contributed by atoms with Crippen molar-refractivity contribution in [3.8, 4) is 0 Å². The summed E-state index contributed by atoms with van der Waals surface area (Å²) < 4.78 is 0. The molecule has 4 heteroatoms. The van der Waals surface area contributed by atoms with Crippen LogP contribution in [0.15, 0.2) is 30.3 Å². The number of rotatable bonds is 9. The maximum absolute atomic E-state index is 12.7. The molecule has 1 rings (SSSR count). The average molecular weight is 291 g/mol. The summed E-state index contributed by atoms with van der Waals surface area (Å²) in [7, 11) is 1.97. The molecule has 0 radical (unpaired) electrons. The molecule has 0 fully saturated rings. The van der Waals surface area contributed by atoms with Gasteiger partial charge in [0.25, 0.3) is 0 Å². The molecule has 21 heavy (non-hydrogen) atoms. The molecule has 0 spiro atoms. The number of nitrogens with two attached hydrogens (primary N) is 1. The minimum Gasteiger partial charge on any atom is -0.350 e. The SMILES string of the molecule is CCCCC(CN)NC(=O)C(c1ccccc1)N(C)CC. The van der Waals surface area contributed by atoms with E-state index in [1.54, 1.807) is 0 Å². The first kappa shape index (κ1) is 17.7. The van der Waals surface area contributed by atoms with Gasteiger partial charge in [0.1, 0.15) is 6.04 Å². The molecule has 0 bridgehead atoms. The first-order valence-corrected chi connectivity index (χ1v) is 7.89. The van der Waals surface area contributed by atoms with Crippen LogP contribution >= 0.6 is 0 Å². The third kappa shape index (κ3) is 5.48. The molecule has 3 N–H and O–H groups in total. The Hall–Kier alpha value is -1.39. The molecule has 0 saturated carbocycles. The molecule has 2 unspecified atom stereocenters. The quantitative estimate of drug-likeness (QED) is 0.734. The summed E-state index contributed by atoms with van der Waals surface area (Å²) in [4.78, 5) is 14.7. The molecular weight excluding hydrogens is 262 g/mol. The van der Waals surface area contributed by atoms with Crippen molar-refractivity contribution in [3.63, 3.8) is 0 Å². The second-order valence-corrected chi connectivity index (χ2v) is 5.47.